The van der Waals surface area contributed by atoms with Gasteiger partial charge >= 0.3 is 0 Å². The van der Waals surface area contributed by atoms with E-state index < -0.39 is 0 Å². The van der Waals surface area contributed by atoms with Crippen LogP contribution in [-0.2, 0) is 11.3 Å². The summed E-state index contributed by atoms with van der Waals surface area (Å²) in [6, 6.07) is 8.97. The molecular formula is C18H22N4OS. The lowest BCUT2D eigenvalue weighted by atomic mass is 10.2. The van der Waals surface area contributed by atoms with Gasteiger partial charge in [-0.3, -0.25) is 4.79 Å². The molecule has 0 aliphatic heterocycles. The fraction of sp³-hybridized carbons (Fsp3) is 0.389. The van der Waals surface area contributed by atoms with Crippen molar-refractivity contribution in [3.05, 3.63) is 41.2 Å². The summed E-state index contributed by atoms with van der Waals surface area (Å²) in [7, 11) is 0. The van der Waals surface area contributed by atoms with Crippen LogP contribution >= 0.6 is 11.8 Å². The van der Waals surface area contributed by atoms with Gasteiger partial charge in [0.2, 0.25) is 5.91 Å². The number of carbonyl (C=O) groups excluding carboxylic acids is 1. The van der Waals surface area contributed by atoms with Gasteiger partial charge in [-0.05, 0) is 38.5 Å². The van der Waals surface area contributed by atoms with E-state index in [9.17, 15) is 4.79 Å². The highest BCUT2D eigenvalue weighted by molar-refractivity contribution is 7.99. The topological polar surface area (TPSA) is 70.7 Å². The first kappa shape index (κ1) is 18.1. The van der Waals surface area contributed by atoms with E-state index in [1.165, 1.54) is 11.8 Å². The lowest BCUT2D eigenvalue weighted by molar-refractivity contribution is -0.113. The molecule has 0 bridgehead atoms. The molecule has 1 amide bonds. The van der Waals surface area contributed by atoms with E-state index in [0.29, 0.717) is 17.0 Å². The minimum atomic E-state index is -0.101. The van der Waals surface area contributed by atoms with E-state index in [1.807, 2.05) is 6.92 Å². The number of benzene rings is 1. The molecule has 0 saturated carbocycles. The van der Waals surface area contributed by atoms with Gasteiger partial charge in [-0.2, -0.15) is 5.26 Å². The van der Waals surface area contributed by atoms with E-state index >= 15 is 0 Å². The molecule has 1 N–H and O–H groups in total. The Labute approximate surface area is 147 Å². The summed E-state index contributed by atoms with van der Waals surface area (Å²) in [5.41, 5.74) is 3.34. The van der Waals surface area contributed by atoms with Gasteiger partial charge in [-0.1, -0.05) is 31.2 Å². The van der Waals surface area contributed by atoms with E-state index in [1.54, 1.807) is 24.3 Å². The van der Waals surface area contributed by atoms with Crippen LogP contribution in [0.4, 0.5) is 5.69 Å². The van der Waals surface area contributed by atoms with Crippen molar-refractivity contribution in [3.8, 4) is 6.07 Å². The Morgan fingerprint density at radius 1 is 1.42 bits per heavy atom. The zero-order valence-electron chi connectivity index (χ0n) is 14.3. The van der Waals surface area contributed by atoms with Gasteiger partial charge in [0.25, 0.3) is 0 Å². The monoisotopic (exact) mass is 342 g/mol. The molecule has 24 heavy (non-hydrogen) atoms. The summed E-state index contributed by atoms with van der Waals surface area (Å²) in [6.07, 6.45) is 2.22. The molecule has 0 unspecified atom stereocenters. The Kier molecular flexibility index (Phi) is 6.44. The fourth-order valence-corrected chi connectivity index (χ4v) is 3.22. The largest absolute Gasteiger partial charge is 0.325 e. The van der Waals surface area contributed by atoms with Crippen LogP contribution < -0.4 is 5.32 Å². The minimum Gasteiger partial charge on any atom is -0.325 e. The lowest BCUT2D eigenvalue weighted by Gasteiger charge is -2.09. The van der Waals surface area contributed by atoms with Crippen LogP contribution in [0.2, 0.25) is 0 Å². The molecule has 0 atom stereocenters. The molecule has 1 aromatic carbocycles. The Bertz CT molecular complexity index is 761. The average molecular weight is 342 g/mol. The molecule has 6 heteroatoms. The zero-order valence-corrected chi connectivity index (χ0v) is 15.1. The number of hydrogen-bond acceptors (Lipinski definition) is 4. The number of amides is 1. The molecule has 0 spiro atoms. The maximum atomic E-state index is 12.2. The van der Waals surface area contributed by atoms with Crippen molar-refractivity contribution in [1.82, 2.24) is 9.55 Å². The first-order valence-corrected chi connectivity index (χ1v) is 9.00. The Balaban J connectivity index is 1.98. The summed E-state index contributed by atoms with van der Waals surface area (Å²) in [4.78, 5) is 16.7. The van der Waals surface area contributed by atoms with E-state index in [2.05, 4.69) is 34.8 Å². The van der Waals surface area contributed by atoms with Gasteiger partial charge in [0, 0.05) is 17.9 Å². The number of imidazole rings is 1. The first-order chi connectivity index (χ1) is 11.5. The molecule has 1 heterocycles. The van der Waals surface area contributed by atoms with Crippen molar-refractivity contribution in [1.29, 1.82) is 5.26 Å². The van der Waals surface area contributed by atoms with Crippen molar-refractivity contribution in [3.63, 3.8) is 0 Å². The molecule has 0 saturated heterocycles. The summed E-state index contributed by atoms with van der Waals surface area (Å²) in [6.45, 7) is 7.15. The van der Waals surface area contributed by atoms with Gasteiger partial charge in [0.1, 0.15) is 0 Å². The van der Waals surface area contributed by atoms with Crippen molar-refractivity contribution in [2.24, 2.45) is 0 Å². The second-order valence-corrected chi connectivity index (χ2v) is 6.54. The van der Waals surface area contributed by atoms with E-state index in [-0.39, 0.29) is 5.91 Å². The second-order valence-electron chi connectivity index (χ2n) is 5.60. The Morgan fingerprint density at radius 3 is 2.92 bits per heavy atom. The number of anilines is 1. The summed E-state index contributed by atoms with van der Waals surface area (Å²) < 4.78 is 2.19. The molecule has 2 rings (SSSR count). The highest BCUT2D eigenvalue weighted by atomic mass is 32.2. The zero-order chi connectivity index (χ0) is 17.5. The van der Waals surface area contributed by atoms with Crippen LogP contribution in [-0.4, -0.2) is 21.2 Å². The molecule has 0 fully saturated rings. The number of nitriles is 1. The predicted octanol–water partition coefficient (Wildman–Crippen LogP) is 3.90. The van der Waals surface area contributed by atoms with E-state index in [0.717, 1.165) is 35.9 Å². The highest BCUT2D eigenvalue weighted by Crippen LogP contribution is 2.22. The minimum absolute atomic E-state index is 0.101. The van der Waals surface area contributed by atoms with Crippen LogP contribution in [0, 0.1) is 25.2 Å². The summed E-state index contributed by atoms with van der Waals surface area (Å²) >= 11 is 1.44. The molecule has 2 aromatic rings. The van der Waals surface area contributed by atoms with Crippen LogP contribution in [0.5, 0.6) is 0 Å². The maximum Gasteiger partial charge on any atom is 0.234 e. The third kappa shape index (κ3) is 4.62. The number of nitrogens with one attached hydrogen (secondary N) is 1. The molecule has 126 valence electrons. The van der Waals surface area contributed by atoms with Crippen LogP contribution in [0.1, 0.15) is 36.7 Å². The first-order valence-electron chi connectivity index (χ1n) is 8.01. The molecule has 1 aromatic heterocycles. The van der Waals surface area contributed by atoms with Crippen molar-refractivity contribution in [2.75, 3.05) is 11.1 Å². The third-order valence-electron chi connectivity index (χ3n) is 3.77. The number of aryl methyl sites for hydroxylation is 1. The van der Waals surface area contributed by atoms with Crippen LogP contribution in [0.15, 0.2) is 29.4 Å². The molecule has 0 aliphatic carbocycles. The molecular weight excluding hydrogens is 320 g/mol. The van der Waals surface area contributed by atoms with Gasteiger partial charge in [0.15, 0.2) is 5.16 Å². The third-order valence-corrected chi connectivity index (χ3v) is 4.74. The second kappa shape index (κ2) is 8.55. The van der Waals surface area contributed by atoms with Crippen molar-refractivity contribution >= 4 is 23.4 Å². The Hall–Kier alpha value is -2.26. The van der Waals surface area contributed by atoms with Gasteiger partial charge < -0.3 is 9.88 Å². The standard InChI is InChI=1S/C18H22N4OS/c1-4-5-9-22-14(3)13(2)20-18(22)24-12-17(23)21-16-8-6-7-15(10-16)11-19/h6-8,10H,4-5,9,12H2,1-3H3,(H,21,23). The van der Waals surface area contributed by atoms with Gasteiger partial charge in [0.05, 0.1) is 23.1 Å². The number of carbonyl (C=O) groups is 1. The summed E-state index contributed by atoms with van der Waals surface area (Å²) in [5, 5.41) is 12.6. The smallest absolute Gasteiger partial charge is 0.234 e. The lowest BCUT2D eigenvalue weighted by Crippen LogP contribution is -2.14. The number of nitrogens with zero attached hydrogens (tertiary/aromatic N) is 3. The predicted molar refractivity (Wildman–Crippen MR) is 97.1 cm³/mol. The molecule has 0 aliphatic rings. The quantitative estimate of drug-likeness (QED) is 0.775. The van der Waals surface area contributed by atoms with Gasteiger partial charge in [-0.25, -0.2) is 4.98 Å². The number of thioether (sulfide) groups is 1. The van der Waals surface area contributed by atoms with Crippen molar-refractivity contribution in [2.45, 2.75) is 45.3 Å². The number of hydrogen-bond donors (Lipinski definition) is 1. The summed E-state index contributed by atoms with van der Waals surface area (Å²) in [5.74, 6) is 0.189. The molecule has 0 radical (unpaired) electrons. The number of rotatable bonds is 7. The van der Waals surface area contributed by atoms with Crippen LogP contribution in [0.25, 0.3) is 0 Å². The normalized spacial score (nSPS) is 10.4. The number of aromatic nitrogens is 2. The fourth-order valence-electron chi connectivity index (χ4n) is 2.31. The highest BCUT2D eigenvalue weighted by Gasteiger charge is 2.13. The SMILES string of the molecule is CCCCn1c(SCC(=O)Nc2cccc(C#N)c2)nc(C)c1C. The molecule has 5 nitrogen and oxygen atoms in total. The average Bonchev–Trinajstić information content (AvgIpc) is 2.85. The maximum absolute atomic E-state index is 12.2. The Morgan fingerprint density at radius 2 is 2.21 bits per heavy atom. The van der Waals surface area contributed by atoms with E-state index in [4.69, 9.17) is 5.26 Å². The van der Waals surface area contributed by atoms with Crippen LogP contribution in [0.3, 0.4) is 0 Å². The number of unbranched alkanes of at least 4 members (excludes halogenated alkanes) is 1. The van der Waals surface area contributed by atoms with Gasteiger partial charge in [-0.15, -0.1) is 0 Å². The van der Waals surface area contributed by atoms with Crippen molar-refractivity contribution < 1.29 is 4.79 Å².